The zero-order chi connectivity index (χ0) is 35.9. The second-order valence-corrected chi connectivity index (χ2v) is 9.03. The Balaban J connectivity index is -0.000000629. The first kappa shape index (κ1) is 49.5. The number of nitrogens with one attached hydrogen (secondary N) is 1. The first-order valence-electron chi connectivity index (χ1n) is 13.4. The number of likely N-dealkylation sites (N-methyl/N-ethyl adjacent to an activating group) is 1. The Hall–Kier alpha value is -4.35. The molecule has 1 saturated heterocycles. The third-order valence-electron chi connectivity index (χ3n) is 6.28. The van der Waals surface area contributed by atoms with Crippen molar-refractivity contribution in [2.24, 2.45) is 12.0 Å². The van der Waals surface area contributed by atoms with E-state index in [1.54, 1.807) is 6.20 Å². The minimum absolute atomic E-state index is 0. The molecule has 0 aliphatic carbocycles. The van der Waals surface area contributed by atoms with Crippen molar-refractivity contribution in [1.29, 1.82) is 0 Å². The van der Waals surface area contributed by atoms with E-state index in [9.17, 15) is 19.6 Å². The number of imidazole rings is 1. The quantitative estimate of drug-likeness (QED) is 0.0808. The van der Waals surface area contributed by atoms with Crippen LogP contribution in [0.4, 0.5) is 0 Å². The van der Waals surface area contributed by atoms with Gasteiger partial charge < -0.3 is 39.2 Å². The molecule has 2 aliphatic heterocycles. The molecule has 0 aromatic carbocycles. The Morgan fingerprint density at radius 3 is 2.13 bits per heavy atom. The third-order valence-corrected chi connectivity index (χ3v) is 6.28. The molecule has 2 amide bonds. The number of hydrogen-bond donors (Lipinski definition) is 3. The number of rotatable bonds is 13. The number of likely N-dealkylation sites (tertiary alicyclic amines) is 1. The zero-order valence-corrected chi connectivity index (χ0v) is 28.7. The van der Waals surface area contributed by atoms with Crippen LogP contribution < -0.4 is 5.32 Å². The SMILES string of the molecule is CN1C=[C+]N=C1CN(CCCCCC(=O)NCC(=O)N1CCCC1B(O)O)Cc1nccn1C.O=C=O.O=C=O.[CH-]=O.[CH-]=O.[CH-]=O.[Re]. The molecule has 3 N–H and O–H groups in total. The molecule has 18 nitrogen and oxygen atoms in total. The fraction of sp³-hybridized carbons (Fsp3) is 0.519. The molecule has 47 heavy (non-hydrogen) atoms. The van der Waals surface area contributed by atoms with Crippen LogP contribution in [0.3, 0.4) is 0 Å². The van der Waals surface area contributed by atoms with E-state index in [0.29, 0.717) is 32.5 Å². The van der Waals surface area contributed by atoms with Crippen LogP contribution in [0, 0.1) is 6.20 Å². The Labute approximate surface area is 287 Å². The van der Waals surface area contributed by atoms with E-state index in [1.165, 1.54) is 4.90 Å². The molecule has 0 bridgehead atoms. The summed E-state index contributed by atoms with van der Waals surface area (Å²) in [6.45, 7) is 12.4. The van der Waals surface area contributed by atoms with Crippen LogP contribution >= 0.6 is 0 Å². The molecule has 0 spiro atoms. The average Bonchev–Trinajstić information content (AvgIpc) is 3.81. The summed E-state index contributed by atoms with van der Waals surface area (Å²) >= 11 is 0. The van der Waals surface area contributed by atoms with Crippen molar-refractivity contribution in [3.8, 4) is 0 Å². The van der Waals surface area contributed by atoms with Crippen molar-refractivity contribution in [2.75, 3.05) is 33.2 Å². The minimum Gasteiger partial charge on any atom is -0.545 e. The van der Waals surface area contributed by atoms with E-state index in [0.717, 1.165) is 43.9 Å². The van der Waals surface area contributed by atoms with Gasteiger partial charge in [-0.2, -0.15) is 19.2 Å². The van der Waals surface area contributed by atoms with Gasteiger partial charge in [-0.15, -0.1) is 0 Å². The Morgan fingerprint density at radius 1 is 1.04 bits per heavy atom. The van der Waals surface area contributed by atoms with Crippen LogP contribution in [-0.2, 0) is 77.2 Å². The van der Waals surface area contributed by atoms with Gasteiger partial charge in [0, 0.05) is 71.4 Å². The molecule has 1 unspecified atom stereocenters. The summed E-state index contributed by atoms with van der Waals surface area (Å²) in [7, 11) is 2.39. The number of carbonyl (C=O) groups excluding carboxylic acids is 9. The van der Waals surface area contributed by atoms with Crippen LogP contribution in [0.25, 0.3) is 0 Å². The van der Waals surface area contributed by atoms with Crippen molar-refractivity contribution in [3.05, 3.63) is 30.6 Å². The van der Waals surface area contributed by atoms with Crippen molar-refractivity contribution in [2.45, 2.75) is 51.0 Å². The number of amides is 2. The summed E-state index contributed by atoms with van der Waals surface area (Å²) in [5.41, 5.74) is 0. The van der Waals surface area contributed by atoms with E-state index in [-0.39, 0.29) is 51.1 Å². The van der Waals surface area contributed by atoms with Crippen LogP contribution in [0.1, 0.15) is 44.3 Å². The van der Waals surface area contributed by atoms with Crippen LogP contribution in [0.15, 0.2) is 23.6 Å². The molecule has 1 aromatic rings. The van der Waals surface area contributed by atoms with Crippen molar-refractivity contribution < 1.29 is 73.6 Å². The minimum atomic E-state index is -1.55. The first-order valence-corrected chi connectivity index (χ1v) is 13.4. The Bertz CT molecular complexity index is 1110. The van der Waals surface area contributed by atoms with Crippen LogP contribution in [0.5, 0.6) is 0 Å². The summed E-state index contributed by atoms with van der Waals surface area (Å²) in [5, 5.41) is 21.4. The number of nitrogens with zero attached hydrogens (tertiary/aromatic N) is 6. The predicted octanol–water partition coefficient (Wildman–Crippen LogP) is -2.47. The fourth-order valence-corrected chi connectivity index (χ4v) is 4.23. The molecule has 20 heteroatoms. The van der Waals surface area contributed by atoms with Gasteiger partial charge in [-0.25, -0.2) is 9.88 Å². The number of hydrogen-bond acceptors (Lipinski definition) is 15. The van der Waals surface area contributed by atoms with Crippen molar-refractivity contribution >= 4 is 57.4 Å². The summed E-state index contributed by atoms with van der Waals surface area (Å²) in [6, 6.07) is 0. The van der Waals surface area contributed by atoms with E-state index >= 15 is 0 Å². The van der Waals surface area contributed by atoms with Gasteiger partial charge in [-0.1, -0.05) is 6.42 Å². The van der Waals surface area contributed by atoms with Crippen LogP contribution in [-0.4, -0.2) is 131 Å². The van der Waals surface area contributed by atoms with Gasteiger partial charge in [0.15, 0.2) is 6.20 Å². The second kappa shape index (κ2) is 33.0. The summed E-state index contributed by atoms with van der Waals surface area (Å²) in [6.07, 6.45) is 13.1. The maximum absolute atomic E-state index is 12.3. The smallest absolute Gasteiger partial charge is 0.475 e. The van der Waals surface area contributed by atoms with Gasteiger partial charge in [0.25, 0.3) is 5.84 Å². The number of carbonyl (C=O) groups is 2. The maximum Gasteiger partial charge on any atom is 0.475 e. The molecule has 1 fully saturated rings. The van der Waals surface area contributed by atoms with E-state index < -0.39 is 13.1 Å². The Morgan fingerprint density at radius 2 is 1.64 bits per heavy atom. The number of aliphatic imine (C=N–C) groups is 1. The van der Waals surface area contributed by atoms with Gasteiger partial charge in [-0.05, 0) is 25.7 Å². The van der Waals surface area contributed by atoms with Gasteiger partial charge in [0.05, 0.1) is 19.0 Å². The fourth-order valence-electron chi connectivity index (χ4n) is 4.23. The molecule has 0 saturated carbocycles. The van der Waals surface area contributed by atoms with Gasteiger partial charge in [0.1, 0.15) is 12.4 Å². The summed E-state index contributed by atoms with van der Waals surface area (Å²) in [4.78, 5) is 94.6. The van der Waals surface area contributed by atoms with Crippen LogP contribution in [0.2, 0.25) is 0 Å². The molecule has 3 heterocycles. The van der Waals surface area contributed by atoms with Crippen molar-refractivity contribution in [1.82, 2.24) is 29.6 Å². The van der Waals surface area contributed by atoms with Gasteiger partial charge in [-0.3, -0.25) is 34.9 Å². The molecule has 3 rings (SSSR count). The summed E-state index contributed by atoms with van der Waals surface area (Å²) < 4.78 is 2.01. The molecule has 259 valence electrons. The van der Waals surface area contributed by atoms with E-state index in [2.05, 4.69) is 46.8 Å². The monoisotopic (exact) mass is 834 g/mol. The predicted molar refractivity (Wildman–Crippen MR) is 158 cm³/mol. The largest absolute Gasteiger partial charge is 0.545 e. The zero-order valence-electron chi connectivity index (χ0n) is 26.0. The Kier molecular flexibility index (Phi) is 34.8. The topological polar surface area (TPSA) is 246 Å². The molecule has 1 radical (unpaired) electrons. The number of aromatic nitrogens is 2. The molecule has 1 atom stereocenters. The van der Waals surface area contributed by atoms with Gasteiger partial charge in [0.2, 0.25) is 18.0 Å². The van der Waals surface area contributed by atoms with Crippen molar-refractivity contribution in [3.63, 3.8) is 0 Å². The number of unbranched alkanes of at least 4 members (excludes halogenated alkanes) is 2. The molecular formula is C27H38BN7O11Re-2. The first-order chi connectivity index (χ1) is 22.2. The average molecular weight is 834 g/mol. The standard InChI is InChI=1S/C22H34BN7O4.2CO2.3CHO.Re/c1-27-13-9-24-19(27)16-29(17-20-25-10-14-28(20)2)11-5-3-4-8-21(31)26-15-22(32)30-12-6-7-18(30)23(33)34;2*2-1-3;3*1-2;/h9,13-14,18,33-34H,3-8,11-12,15-17H2,1-2H3;;;3*1H;/q;;;3*-1;/p+1. The number of aryl methyl sites for hydroxylation is 1. The van der Waals surface area contributed by atoms with E-state index in [4.69, 9.17) is 33.6 Å². The van der Waals surface area contributed by atoms with E-state index in [1.807, 2.05) is 36.0 Å². The maximum atomic E-state index is 12.3. The molecular weight excluding hydrogens is 795 g/mol. The molecule has 2 aliphatic rings. The second-order valence-electron chi connectivity index (χ2n) is 9.03. The summed E-state index contributed by atoms with van der Waals surface area (Å²) in [5.74, 6) is 0.896. The molecule has 1 aromatic heterocycles. The number of amidine groups is 1. The van der Waals surface area contributed by atoms with Gasteiger partial charge >= 0.3 is 19.4 Å². The third kappa shape index (κ3) is 21.9. The normalized spacial score (nSPS) is 13.1.